The van der Waals surface area contributed by atoms with Gasteiger partial charge in [0.1, 0.15) is 0 Å². The van der Waals surface area contributed by atoms with Crippen LogP contribution in [0.3, 0.4) is 0 Å². The van der Waals surface area contributed by atoms with Gasteiger partial charge in [-0.15, -0.1) is 0 Å². The van der Waals surface area contributed by atoms with Gasteiger partial charge in [0.05, 0.1) is 18.8 Å². The van der Waals surface area contributed by atoms with E-state index in [9.17, 15) is 9.90 Å². The number of piperidine rings is 1. The lowest BCUT2D eigenvalue weighted by molar-refractivity contribution is -0.207. The van der Waals surface area contributed by atoms with E-state index in [4.69, 9.17) is 19.9 Å². The van der Waals surface area contributed by atoms with Gasteiger partial charge < -0.3 is 30.0 Å². The molecule has 3 aliphatic rings. The first-order valence-electron chi connectivity index (χ1n) is 8.83. The summed E-state index contributed by atoms with van der Waals surface area (Å²) in [5.74, 6) is 1.28. The van der Waals surface area contributed by atoms with Gasteiger partial charge in [-0.2, -0.15) is 0 Å². The van der Waals surface area contributed by atoms with Crippen LogP contribution >= 0.6 is 0 Å². The molecule has 25 heavy (non-hydrogen) atoms. The molecule has 4 rings (SSSR count). The summed E-state index contributed by atoms with van der Waals surface area (Å²) in [6.07, 6.45) is 1.86. The number of hydrogen-bond donors (Lipinski definition) is 2. The molecule has 1 saturated carbocycles. The zero-order valence-corrected chi connectivity index (χ0v) is 14.1. The second-order valence-electron chi connectivity index (χ2n) is 6.99. The Bertz CT molecular complexity index is 657. The molecule has 1 aromatic rings. The Balaban J connectivity index is 1.40. The van der Waals surface area contributed by atoms with Gasteiger partial charge in [-0.25, -0.2) is 0 Å². The molecule has 2 atom stereocenters. The van der Waals surface area contributed by atoms with E-state index in [1.807, 2.05) is 4.90 Å². The number of aliphatic hydroxyl groups excluding tert-OH is 1. The summed E-state index contributed by atoms with van der Waals surface area (Å²) in [5.41, 5.74) is 5.89. The number of amides is 1. The SMILES string of the molecule is NCCO[C@@H]1C[C@H](O)C12CCN(C(=O)c1ccc3c(c1)OCO3)CC2. The van der Waals surface area contributed by atoms with Gasteiger partial charge in [-0.05, 0) is 31.0 Å². The van der Waals surface area contributed by atoms with Crippen LogP contribution in [0.1, 0.15) is 29.6 Å². The first-order chi connectivity index (χ1) is 12.1. The number of ether oxygens (including phenoxy) is 3. The van der Waals surface area contributed by atoms with Crippen molar-refractivity contribution < 1.29 is 24.1 Å². The van der Waals surface area contributed by atoms with Crippen molar-refractivity contribution in [1.82, 2.24) is 4.90 Å². The predicted octanol–water partition coefficient (Wildman–Crippen LogP) is 0.746. The molecule has 7 heteroatoms. The smallest absolute Gasteiger partial charge is 0.253 e. The minimum atomic E-state index is -0.349. The number of fused-ring (bicyclic) bond motifs is 1. The van der Waals surface area contributed by atoms with E-state index >= 15 is 0 Å². The van der Waals surface area contributed by atoms with Gasteiger partial charge in [-0.1, -0.05) is 0 Å². The molecule has 1 spiro atoms. The van der Waals surface area contributed by atoms with Crippen molar-refractivity contribution in [3.8, 4) is 11.5 Å². The normalized spacial score (nSPS) is 26.6. The van der Waals surface area contributed by atoms with Crippen molar-refractivity contribution in [1.29, 1.82) is 0 Å². The van der Waals surface area contributed by atoms with E-state index in [0.29, 0.717) is 49.7 Å². The third-order valence-corrected chi connectivity index (χ3v) is 5.78. The van der Waals surface area contributed by atoms with E-state index < -0.39 is 0 Å². The Hall–Kier alpha value is -1.83. The zero-order chi connectivity index (χ0) is 17.4. The number of hydrogen-bond acceptors (Lipinski definition) is 6. The van der Waals surface area contributed by atoms with E-state index in [2.05, 4.69) is 0 Å². The Morgan fingerprint density at radius 2 is 2.08 bits per heavy atom. The fourth-order valence-electron chi connectivity index (χ4n) is 4.16. The topological polar surface area (TPSA) is 94.3 Å². The number of rotatable bonds is 4. The summed E-state index contributed by atoms with van der Waals surface area (Å²) >= 11 is 0. The van der Waals surface area contributed by atoms with Crippen LogP contribution in [0.15, 0.2) is 18.2 Å². The average molecular weight is 348 g/mol. The summed E-state index contributed by atoms with van der Waals surface area (Å²) in [6.45, 7) is 2.43. The summed E-state index contributed by atoms with van der Waals surface area (Å²) in [5, 5.41) is 10.3. The Labute approximate surface area is 146 Å². The minimum Gasteiger partial charge on any atom is -0.454 e. The summed E-state index contributed by atoms with van der Waals surface area (Å²) in [4.78, 5) is 14.6. The number of nitrogens with zero attached hydrogens (tertiary/aromatic N) is 1. The van der Waals surface area contributed by atoms with Crippen molar-refractivity contribution in [2.75, 3.05) is 33.0 Å². The van der Waals surface area contributed by atoms with Crippen LogP contribution in [0, 0.1) is 5.41 Å². The largest absolute Gasteiger partial charge is 0.454 e. The molecule has 2 heterocycles. The summed E-state index contributed by atoms with van der Waals surface area (Å²) in [7, 11) is 0. The molecule has 0 aromatic heterocycles. The van der Waals surface area contributed by atoms with Crippen LogP contribution in [0.4, 0.5) is 0 Å². The Kier molecular flexibility index (Phi) is 4.31. The number of nitrogens with two attached hydrogens (primary N) is 1. The van der Waals surface area contributed by atoms with E-state index in [1.54, 1.807) is 18.2 Å². The van der Waals surface area contributed by atoms with Crippen LogP contribution < -0.4 is 15.2 Å². The number of benzene rings is 1. The van der Waals surface area contributed by atoms with Crippen LogP contribution in [-0.4, -0.2) is 61.2 Å². The third kappa shape index (κ3) is 2.76. The van der Waals surface area contributed by atoms with Gasteiger partial charge in [0.25, 0.3) is 5.91 Å². The molecule has 1 saturated heterocycles. The number of likely N-dealkylation sites (tertiary alicyclic amines) is 1. The minimum absolute atomic E-state index is 0.0126. The Morgan fingerprint density at radius 1 is 1.32 bits per heavy atom. The van der Waals surface area contributed by atoms with Gasteiger partial charge in [0.2, 0.25) is 6.79 Å². The van der Waals surface area contributed by atoms with Crippen molar-refractivity contribution in [3.05, 3.63) is 23.8 Å². The molecule has 2 aliphatic heterocycles. The van der Waals surface area contributed by atoms with Crippen LogP contribution in [0.2, 0.25) is 0 Å². The highest BCUT2D eigenvalue weighted by Gasteiger charge is 2.56. The summed E-state index contributed by atoms with van der Waals surface area (Å²) in [6, 6.07) is 5.28. The monoisotopic (exact) mass is 348 g/mol. The average Bonchev–Trinajstić information content (AvgIpc) is 3.12. The van der Waals surface area contributed by atoms with Gasteiger partial charge in [0, 0.05) is 37.0 Å². The second kappa shape index (κ2) is 6.48. The standard InChI is InChI=1S/C18H24N2O5/c19-5-8-23-16-10-15(21)18(16)3-6-20(7-4-18)17(22)12-1-2-13-14(9-12)25-11-24-13/h1-2,9,15-16,21H,3-8,10-11,19H2/t15-,16+/m0/s1. The van der Waals surface area contributed by atoms with Crippen LogP contribution in [-0.2, 0) is 4.74 Å². The molecule has 1 amide bonds. The van der Waals surface area contributed by atoms with Crippen molar-refractivity contribution in [2.24, 2.45) is 11.1 Å². The van der Waals surface area contributed by atoms with E-state index in [1.165, 1.54) is 0 Å². The molecule has 0 bridgehead atoms. The molecule has 3 N–H and O–H groups in total. The lowest BCUT2D eigenvalue weighted by Crippen LogP contribution is -2.62. The highest BCUT2D eigenvalue weighted by atomic mass is 16.7. The molecule has 2 fully saturated rings. The molecule has 0 unspecified atom stereocenters. The molecule has 1 aliphatic carbocycles. The molecule has 1 aromatic carbocycles. The fraction of sp³-hybridized carbons (Fsp3) is 0.611. The molecule has 7 nitrogen and oxygen atoms in total. The van der Waals surface area contributed by atoms with Crippen LogP contribution in [0.25, 0.3) is 0 Å². The quantitative estimate of drug-likeness (QED) is 0.834. The first kappa shape index (κ1) is 16.6. The fourth-order valence-corrected chi connectivity index (χ4v) is 4.16. The summed E-state index contributed by atoms with van der Waals surface area (Å²) < 4.78 is 16.4. The lowest BCUT2D eigenvalue weighted by atomic mass is 9.58. The maximum absolute atomic E-state index is 12.8. The highest BCUT2D eigenvalue weighted by molar-refractivity contribution is 5.95. The maximum Gasteiger partial charge on any atom is 0.253 e. The van der Waals surface area contributed by atoms with Gasteiger partial charge in [-0.3, -0.25) is 4.79 Å². The first-order valence-corrected chi connectivity index (χ1v) is 8.83. The molecule has 0 radical (unpaired) electrons. The number of carbonyl (C=O) groups is 1. The second-order valence-corrected chi connectivity index (χ2v) is 6.99. The Morgan fingerprint density at radius 3 is 2.80 bits per heavy atom. The number of carbonyl (C=O) groups excluding carboxylic acids is 1. The molecular formula is C18H24N2O5. The number of aliphatic hydroxyl groups is 1. The van der Waals surface area contributed by atoms with Gasteiger partial charge in [0.15, 0.2) is 11.5 Å². The third-order valence-electron chi connectivity index (χ3n) is 5.78. The molecular weight excluding hydrogens is 324 g/mol. The van der Waals surface area contributed by atoms with E-state index in [0.717, 1.165) is 12.8 Å². The van der Waals surface area contributed by atoms with Crippen molar-refractivity contribution in [2.45, 2.75) is 31.5 Å². The predicted molar refractivity (Wildman–Crippen MR) is 89.6 cm³/mol. The molecule has 136 valence electrons. The zero-order valence-electron chi connectivity index (χ0n) is 14.1. The van der Waals surface area contributed by atoms with E-state index in [-0.39, 0.29) is 30.3 Å². The van der Waals surface area contributed by atoms with Gasteiger partial charge >= 0.3 is 0 Å². The highest BCUT2D eigenvalue weighted by Crippen LogP contribution is 2.51. The van der Waals surface area contributed by atoms with Crippen LogP contribution in [0.5, 0.6) is 11.5 Å². The lowest BCUT2D eigenvalue weighted by Gasteiger charge is -2.56. The maximum atomic E-state index is 12.8. The van der Waals surface area contributed by atoms with Crippen molar-refractivity contribution in [3.63, 3.8) is 0 Å². The van der Waals surface area contributed by atoms with Crippen molar-refractivity contribution >= 4 is 5.91 Å².